The molecule has 2 aliphatic rings. The molecular weight excluding hydrogens is 332 g/mol. The monoisotopic (exact) mass is 361 g/mol. The third-order valence-corrected chi connectivity index (χ3v) is 5.93. The summed E-state index contributed by atoms with van der Waals surface area (Å²) in [5.74, 6) is -0.425. The van der Waals surface area contributed by atoms with Crippen molar-refractivity contribution in [3.63, 3.8) is 0 Å². The number of hydrogen-bond acceptors (Lipinski definition) is 3. The molecule has 1 heterocycles. The molecule has 1 aromatic carbocycles. The molecule has 0 unspecified atom stereocenters. The zero-order valence-corrected chi connectivity index (χ0v) is 16.2. The highest BCUT2D eigenvalue weighted by Crippen LogP contribution is 2.36. The van der Waals surface area contributed by atoms with Crippen LogP contribution in [0.4, 0.5) is 4.39 Å². The van der Waals surface area contributed by atoms with Crippen LogP contribution < -0.4 is 10.8 Å². The summed E-state index contributed by atoms with van der Waals surface area (Å²) in [5, 5.41) is 3.09. The van der Waals surface area contributed by atoms with Gasteiger partial charge in [0.1, 0.15) is 5.82 Å². The summed E-state index contributed by atoms with van der Waals surface area (Å²) in [6.07, 6.45) is 5.74. The van der Waals surface area contributed by atoms with Gasteiger partial charge in [0, 0.05) is 6.04 Å². The highest BCUT2D eigenvalue weighted by Gasteiger charge is 2.52. The first-order valence-corrected chi connectivity index (χ1v) is 9.61. The minimum atomic E-state index is -0.599. The largest absolute Gasteiger partial charge is 0.495 e. The molecule has 1 aliphatic heterocycles. The standard InChI is InChI=1S/C20H29BFNO3/c1-19(2)20(3,4)26-21(25-19)17-11-10-15(22)12-14(17)13-18(24)23-16-8-6-5-7-9-16/h10-12,16H,5-9,13H2,1-4H3,(H,23,24). The lowest BCUT2D eigenvalue weighted by Crippen LogP contribution is -2.41. The number of hydrogen-bond donors (Lipinski definition) is 1. The van der Waals surface area contributed by atoms with Gasteiger partial charge < -0.3 is 14.6 Å². The number of benzene rings is 1. The van der Waals surface area contributed by atoms with Crippen molar-refractivity contribution >= 4 is 18.5 Å². The highest BCUT2D eigenvalue weighted by atomic mass is 19.1. The van der Waals surface area contributed by atoms with E-state index in [2.05, 4.69) is 5.32 Å². The zero-order valence-electron chi connectivity index (χ0n) is 16.2. The molecule has 4 nitrogen and oxygen atoms in total. The van der Waals surface area contributed by atoms with Crippen LogP contribution in [-0.4, -0.2) is 30.3 Å². The Labute approximate surface area is 156 Å². The Morgan fingerprint density at radius 3 is 2.38 bits per heavy atom. The summed E-state index contributed by atoms with van der Waals surface area (Å²) < 4.78 is 26.0. The predicted octanol–water partition coefficient (Wildman–Crippen LogP) is 3.12. The molecular formula is C20H29BFNO3. The maximum atomic E-state index is 13.8. The second kappa shape index (κ2) is 7.32. The Bertz CT molecular complexity index is 655. The molecule has 0 radical (unpaired) electrons. The summed E-state index contributed by atoms with van der Waals surface area (Å²) in [7, 11) is -0.599. The Morgan fingerprint density at radius 1 is 1.15 bits per heavy atom. The van der Waals surface area contributed by atoms with Crippen LogP contribution in [0.2, 0.25) is 0 Å². The average Bonchev–Trinajstić information content (AvgIpc) is 2.76. The second-order valence-corrected chi connectivity index (χ2v) is 8.51. The average molecular weight is 361 g/mol. The molecule has 1 amide bonds. The fourth-order valence-electron chi connectivity index (χ4n) is 3.63. The SMILES string of the molecule is CC1(C)OB(c2ccc(F)cc2CC(=O)NC2CCCCC2)OC1(C)C. The molecule has 1 N–H and O–H groups in total. The molecule has 1 aromatic rings. The van der Waals surface area contributed by atoms with Gasteiger partial charge in [0.2, 0.25) is 5.91 Å². The van der Waals surface area contributed by atoms with Gasteiger partial charge in [-0.1, -0.05) is 25.3 Å². The van der Waals surface area contributed by atoms with Crippen LogP contribution in [0.1, 0.15) is 65.4 Å². The Balaban J connectivity index is 1.75. The maximum Gasteiger partial charge on any atom is 0.495 e. The summed E-state index contributed by atoms with van der Waals surface area (Å²) >= 11 is 0. The number of nitrogens with one attached hydrogen (secondary N) is 1. The molecule has 6 heteroatoms. The van der Waals surface area contributed by atoms with E-state index in [4.69, 9.17) is 9.31 Å². The molecule has 142 valence electrons. The van der Waals surface area contributed by atoms with Crippen molar-refractivity contribution in [2.24, 2.45) is 0 Å². The van der Waals surface area contributed by atoms with Crippen molar-refractivity contribution in [2.75, 3.05) is 0 Å². The van der Waals surface area contributed by atoms with Crippen molar-refractivity contribution in [1.29, 1.82) is 0 Å². The van der Waals surface area contributed by atoms with Crippen LogP contribution in [0.25, 0.3) is 0 Å². The summed E-state index contributed by atoms with van der Waals surface area (Å²) in [6.45, 7) is 7.91. The highest BCUT2D eigenvalue weighted by molar-refractivity contribution is 6.62. The molecule has 2 fully saturated rings. The number of carbonyl (C=O) groups is 1. The second-order valence-electron chi connectivity index (χ2n) is 8.51. The molecule has 26 heavy (non-hydrogen) atoms. The Morgan fingerprint density at radius 2 is 1.77 bits per heavy atom. The first-order valence-electron chi connectivity index (χ1n) is 9.61. The van der Waals surface area contributed by atoms with E-state index in [1.807, 2.05) is 27.7 Å². The third-order valence-electron chi connectivity index (χ3n) is 5.93. The van der Waals surface area contributed by atoms with Crippen LogP contribution >= 0.6 is 0 Å². The van der Waals surface area contributed by atoms with Crippen LogP contribution in [0, 0.1) is 5.82 Å². The fourth-order valence-corrected chi connectivity index (χ4v) is 3.63. The topological polar surface area (TPSA) is 47.6 Å². The lowest BCUT2D eigenvalue weighted by molar-refractivity contribution is -0.121. The van der Waals surface area contributed by atoms with Crippen LogP contribution in [0.15, 0.2) is 18.2 Å². The van der Waals surface area contributed by atoms with Gasteiger partial charge in [-0.05, 0) is 63.7 Å². The smallest absolute Gasteiger partial charge is 0.399 e. The van der Waals surface area contributed by atoms with Gasteiger partial charge in [-0.3, -0.25) is 4.79 Å². The van der Waals surface area contributed by atoms with Gasteiger partial charge >= 0.3 is 7.12 Å². The minimum Gasteiger partial charge on any atom is -0.399 e. The van der Waals surface area contributed by atoms with Crippen LogP contribution in [-0.2, 0) is 20.5 Å². The first kappa shape index (κ1) is 19.4. The lowest BCUT2D eigenvalue weighted by atomic mass is 9.75. The number of carbonyl (C=O) groups excluding carboxylic acids is 1. The van der Waals surface area contributed by atoms with Gasteiger partial charge in [-0.2, -0.15) is 0 Å². The van der Waals surface area contributed by atoms with E-state index in [1.54, 1.807) is 6.07 Å². The van der Waals surface area contributed by atoms with E-state index in [0.717, 1.165) is 31.1 Å². The lowest BCUT2D eigenvalue weighted by Gasteiger charge is -2.32. The number of amides is 1. The van der Waals surface area contributed by atoms with Crippen molar-refractivity contribution in [3.8, 4) is 0 Å². The van der Waals surface area contributed by atoms with E-state index in [-0.39, 0.29) is 24.2 Å². The van der Waals surface area contributed by atoms with Gasteiger partial charge in [0.25, 0.3) is 0 Å². The Hall–Kier alpha value is -1.40. The molecule has 3 rings (SSSR count). The first-order chi connectivity index (χ1) is 12.2. The molecule has 0 aromatic heterocycles. The minimum absolute atomic E-state index is 0.0692. The van der Waals surface area contributed by atoms with Gasteiger partial charge in [-0.25, -0.2) is 4.39 Å². The normalized spacial score (nSPS) is 22.4. The van der Waals surface area contributed by atoms with Crippen LogP contribution in [0.3, 0.4) is 0 Å². The quantitative estimate of drug-likeness (QED) is 0.839. The number of halogens is 1. The van der Waals surface area contributed by atoms with Crippen molar-refractivity contribution in [3.05, 3.63) is 29.6 Å². The summed E-state index contributed by atoms with van der Waals surface area (Å²) in [6, 6.07) is 4.72. The van der Waals surface area contributed by atoms with Crippen molar-refractivity contribution < 1.29 is 18.5 Å². The molecule has 0 atom stereocenters. The zero-order chi connectivity index (χ0) is 18.9. The molecule has 0 bridgehead atoms. The van der Waals surface area contributed by atoms with E-state index in [1.165, 1.54) is 18.6 Å². The maximum absolute atomic E-state index is 13.8. The summed E-state index contributed by atoms with van der Waals surface area (Å²) in [4.78, 5) is 12.5. The van der Waals surface area contributed by atoms with E-state index in [9.17, 15) is 9.18 Å². The molecule has 1 saturated carbocycles. The molecule has 1 aliphatic carbocycles. The van der Waals surface area contributed by atoms with Crippen molar-refractivity contribution in [1.82, 2.24) is 5.32 Å². The molecule has 0 spiro atoms. The fraction of sp³-hybridized carbons (Fsp3) is 0.650. The third kappa shape index (κ3) is 4.12. The van der Waals surface area contributed by atoms with Gasteiger partial charge in [0.15, 0.2) is 0 Å². The van der Waals surface area contributed by atoms with Gasteiger partial charge in [-0.15, -0.1) is 0 Å². The predicted molar refractivity (Wildman–Crippen MR) is 101 cm³/mol. The van der Waals surface area contributed by atoms with E-state index >= 15 is 0 Å². The Kier molecular flexibility index (Phi) is 5.45. The van der Waals surface area contributed by atoms with E-state index in [0.29, 0.717) is 5.56 Å². The molecule has 1 saturated heterocycles. The summed E-state index contributed by atoms with van der Waals surface area (Å²) in [5.41, 5.74) is 0.391. The van der Waals surface area contributed by atoms with Crippen molar-refractivity contribution in [2.45, 2.75) is 83.5 Å². The number of rotatable bonds is 4. The van der Waals surface area contributed by atoms with E-state index < -0.39 is 18.3 Å². The van der Waals surface area contributed by atoms with Crippen LogP contribution in [0.5, 0.6) is 0 Å². The van der Waals surface area contributed by atoms with Gasteiger partial charge in [0.05, 0.1) is 17.6 Å².